The molecule has 1 aliphatic carbocycles. The second-order valence-electron chi connectivity index (χ2n) is 7.43. The van der Waals surface area contributed by atoms with Crippen molar-refractivity contribution >= 4 is 6.16 Å². The largest absolute Gasteiger partial charge is 0.513 e. The lowest BCUT2D eigenvalue weighted by atomic mass is 9.84. The van der Waals surface area contributed by atoms with Crippen molar-refractivity contribution in [3.05, 3.63) is 41.7 Å². The van der Waals surface area contributed by atoms with E-state index in [-0.39, 0.29) is 0 Å². The molecule has 1 atom stereocenters. The Bertz CT molecular complexity index is 774. The summed E-state index contributed by atoms with van der Waals surface area (Å²) in [6, 6.07) is 7.22. The summed E-state index contributed by atoms with van der Waals surface area (Å²) in [6.45, 7) is 4.29. The summed E-state index contributed by atoms with van der Waals surface area (Å²) >= 11 is 0. The van der Waals surface area contributed by atoms with Crippen molar-refractivity contribution in [3.63, 3.8) is 0 Å². The Balaban J connectivity index is 1.60. The highest BCUT2D eigenvalue weighted by Gasteiger charge is 2.20. The molecular weight excluding hydrogens is 352 g/mol. The van der Waals surface area contributed by atoms with E-state index in [1.54, 1.807) is 19.1 Å². The van der Waals surface area contributed by atoms with E-state index in [0.29, 0.717) is 12.4 Å². The van der Waals surface area contributed by atoms with E-state index in [0.717, 1.165) is 30.1 Å². The lowest BCUT2D eigenvalue weighted by molar-refractivity contribution is 0.104. The van der Waals surface area contributed by atoms with Gasteiger partial charge in [0.15, 0.2) is 5.82 Å². The van der Waals surface area contributed by atoms with Gasteiger partial charge in [0.05, 0.1) is 6.61 Å². The van der Waals surface area contributed by atoms with Gasteiger partial charge in [-0.1, -0.05) is 39.0 Å². The third-order valence-corrected chi connectivity index (χ3v) is 5.29. The van der Waals surface area contributed by atoms with Crippen LogP contribution in [-0.4, -0.2) is 22.7 Å². The summed E-state index contributed by atoms with van der Waals surface area (Å²) in [7, 11) is 0. The molecule has 0 amide bonds. The van der Waals surface area contributed by atoms with Crippen molar-refractivity contribution in [2.75, 3.05) is 6.61 Å². The molecule has 0 radical (unpaired) electrons. The third-order valence-electron chi connectivity index (χ3n) is 5.29. The molecule has 0 N–H and O–H groups in total. The number of aryl methyl sites for hydroxylation is 1. The van der Waals surface area contributed by atoms with E-state index in [1.807, 2.05) is 18.3 Å². The van der Waals surface area contributed by atoms with Gasteiger partial charge in [-0.25, -0.2) is 14.8 Å². The molecule has 1 aliphatic rings. The third kappa shape index (κ3) is 5.54. The summed E-state index contributed by atoms with van der Waals surface area (Å²) in [5.41, 5.74) is 3.40. The number of fused-ring (bicyclic) bond motifs is 1. The van der Waals surface area contributed by atoms with Crippen molar-refractivity contribution in [2.24, 2.45) is 5.92 Å². The second-order valence-corrected chi connectivity index (χ2v) is 7.43. The van der Waals surface area contributed by atoms with Gasteiger partial charge in [-0.15, -0.1) is 0 Å². The van der Waals surface area contributed by atoms with Gasteiger partial charge in [-0.2, -0.15) is 0 Å². The number of hydrogen-bond acceptors (Lipinski definition) is 5. The molecule has 3 rings (SSSR count). The molecule has 5 heteroatoms. The summed E-state index contributed by atoms with van der Waals surface area (Å²) in [4.78, 5) is 20.8. The Kier molecular flexibility index (Phi) is 7.40. The van der Waals surface area contributed by atoms with Gasteiger partial charge in [-0.3, -0.25) is 0 Å². The van der Waals surface area contributed by atoms with Gasteiger partial charge in [0.2, 0.25) is 0 Å². The summed E-state index contributed by atoms with van der Waals surface area (Å²) < 4.78 is 9.88. The van der Waals surface area contributed by atoms with Crippen LogP contribution in [0.5, 0.6) is 5.75 Å². The zero-order valence-electron chi connectivity index (χ0n) is 16.9. The summed E-state index contributed by atoms with van der Waals surface area (Å²) in [5.74, 6) is 1.95. The number of benzene rings is 1. The maximum Gasteiger partial charge on any atom is 0.513 e. The lowest BCUT2D eigenvalue weighted by Crippen LogP contribution is -2.16. The van der Waals surface area contributed by atoms with Crippen LogP contribution in [0.4, 0.5) is 4.79 Å². The number of nitrogens with zero attached hydrogens (tertiary/aromatic N) is 2. The smallest absolute Gasteiger partial charge is 0.434 e. The predicted octanol–water partition coefficient (Wildman–Crippen LogP) is 5.75. The monoisotopic (exact) mass is 382 g/mol. The fourth-order valence-electron chi connectivity index (χ4n) is 3.74. The minimum Gasteiger partial charge on any atom is -0.434 e. The Hall–Kier alpha value is -2.43. The van der Waals surface area contributed by atoms with Crippen molar-refractivity contribution < 1.29 is 14.3 Å². The summed E-state index contributed by atoms with van der Waals surface area (Å²) in [6.07, 6.45) is 11.3. The first-order chi connectivity index (χ1) is 13.7. The molecule has 1 unspecified atom stereocenters. The molecule has 0 bridgehead atoms. The van der Waals surface area contributed by atoms with Crippen LogP contribution in [0.3, 0.4) is 0 Å². The molecule has 1 aromatic carbocycles. The average molecular weight is 383 g/mol. The lowest BCUT2D eigenvalue weighted by Gasteiger charge is -2.24. The predicted molar refractivity (Wildman–Crippen MR) is 109 cm³/mol. The number of rotatable bonds is 8. The second kappa shape index (κ2) is 10.2. The first-order valence-electron chi connectivity index (χ1n) is 10.5. The zero-order valence-corrected chi connectivity index (χ0v) is 16.9. The standard InChI is InChI=1S/C23H30N2O3/c1-3-5-6-7-8-17-9-14-21-19(15-17)16-24-22(25-21)18-10-12-20(13-11-18)28-23(26)27-4-2/h10-13,16-17H,3-9,14-15H2,1-2H3. The first-order valence-corrected chi connectivity index (χ1v) is 10.5. The Morgan fingerprint density at radius 1 is 1.14 bits per heavy atom. The number of aromatic nitrogens is 2. The fourth-order valence-corrected chi connectivity index (χ4v) is 3.74. The van der Waals surface area contributed by atoms with E-state index in [1.165, 1.54) is 49.8 Å². The Morgan fingerprint density at radius 3 is 2.71 bits per heavy atom. The van der Waals surface area contributed by atoms with E-state index in [2.05, 4.69) is 11.9 Å². The number of unbranched alkanes of at least 4 members (excludes halogenated alkanes) is 3. The number of hydrogen-bond donors (Lipinski definition) is 0. The zero-order chi connectivity index (χ0) is 19.8. The van der Waals surface area contributed by atoms with E-state index in [9.17, 15) is 4.79 Å². The molecule has 150 valence electrons. The SMILES string of the molecule is CCCCCCC1CCc2nc(-c3ccc(OC(=O)OCC)cc3)ncc2C1. The highest BCUT2D eigenvalue weighted by Crippen LogP contribution is 2.29. The molecular formula is C23H30N2O3. The van der Waals surface area contributed by atoms with Crippen LogP contribution in [0.25, 0.3) is 11.4 Å². The van der Waals surface area contributed by atoms with Crippen molar-refractivity contribution in [3.8, 4) is 17.1 Å². The minimum absolute atomic E-state index is 0.291. The number of carbonyl (C=O) groups excluding carboxylic acids is 1. The van der Waals surface area contributed by atoms with E-state index in [4.69, 9.17) is 14.5 Å². The normalized spacial score (nSPS) is 15.7. The highest BCUT2D eigenvalue weighted by atomic mass is 16.7. The Morgan fingerprint density at radius 2 is 1.96 bits per heavy atom. The van der Waals surface area contributed by atoms with Crippen LogP contribution < -0.4 is 4.74 Å². The highest BCUT2D eigenvalue weighted by molar-refractivity contribution is 5.65. The molecule has 2 aromatic rings. The van der Waals surface area contributed by atoms with Crippen molar-refractivity contribution in [1.29, 1.82) is 0 Å². The van der Waals surface area contributed by atoms with Crippen LogP contribution in [0.15, 0.2) is 30.5 Å². The van der Waals surface area contributed by atoms with Gasteiger partial charge in [0, 0.05) is 17.5 Å². The quantitative estimate of drug-likeness (QED) is 0.330. The van der Waals surface area contributed by atoms with Gasteiger partial charge < -0.3 is 9.47 Å². The molecule has 5 nitrogen and oxygen atoms in total. The van der Waals surface area contributed by atoms with Crippen molar-refractivity contribution in [2.45, 2.75) is 65.2 Å². The molecule has 1 heterocycles. The fraction of sp³-hybridized carbons (Fsp3) is 0.522. The molecule has 0 saturated heterocycles. The van der Waals surface area contributed by atoms with E-state index < -0.39 is 6.16 Å². The van der Waals surface area contributed by atoms with Crippen LogP contribution in [0.2, 0.25) is 0 Å². The van der Waals surface area contributed by atoms with Crippen molar-refractivity contribution in [1.82, 2.24) is 9.97 Å². The van der Waals surface area contributed by atoms with Gasteiger partial charge in [-0.05, 0) is 61.9 Å². The van der Waals surface area contributed by atoms with Gasteiger partial charge in [0.25, 0.3) is 0 Å². The van der Waals surface area contributed by atoms with Gasteiger partial charge >= 0.3 is 6.16 Å². The van der Waals surface area contributed by atoms with Gasteiger partial charge in [0.1, 0.15) is 5.75 Å². The topological polar surface area (TPSA) is 61.3 Å². The van der Waals surface area contributed by atoms with Crippen LogP contribution in [0.1, 0.15) is 63.6 Å². The summed E-state index contributed by atoms with van der Waals surface area (Å²) in [5, 5.41) is 0. The van der Waals surface area contributed by atoms with Crippen LogP contribution in [-0.2, 0) is 17.6 Å². The van der Waals surface area contributed by atoms with Crippen LogP contribution >= 0.6 is 0 Å². The molecule has 0 saturated carbocycles. The number of ether oxygens (including phenoxy) is 2. The average Bonchev–Trinajstić information content (AvgIpc) is 2.71. The molecule has 0 spiro atoms. The molecule has 0 aliphatic heterocycles. The Labute approximate surface area is 167 Å². The maximum absolute atomic E-state index is 11.4. The molecule has 0 fully saturated rings. The molecule has 1 aromatic heterocycles. The number of carbonyl (C=O) groups is 1. The minimum atomic E-state index is -0.690. The van der Waals surface area contributed by atoms with Crippen LogP contribution in [0, 0.1) is 5.92 Å². The first kappa shape index (κ1) is 20.3. The maximum atomic E-state index is 11.4. The van der Waals surface area contributed by atoms with E-state index >= 15 is 0 Å². The molecule has 28 heavy (non-hydrogen) atoms.